The minimum Gasteiger partial charge on any atom is -0.339 e. The number of carbonyl (C=O) groups excluding carboxylic acids is 3. The molecule has 0 radical (unpaired) electrons. The second-order valence-corrected chi connectivity index (χ2v) is 9.95. The van der Waals surface area contributed by atoms with Gasteiger partial charge in [-0.25, -0.2) is 0 Å². The van der Waals surface area contributed by atoms with Gasteiger partial charge in [0, 0.05) is 36.1 Å². The number of hydrogen-bond donors (Lipinski definition) is 2. The van der Waals surface area contributed by atoms with Crippen molar-refractivity contribution in [1.82, 2.24) is 25.5 Å². The molecule has 2 aromatic heterocycles. The van der Waals surface area contributed by atoms with Crippen molar-refractivity contribution in [3.05, 3.63) is 36.3 Å². The summed E-state index contributed by atoms with van der Waals surface area (Å²) in [6.07, 6.45) is 2.63. The van der Waals surface area contributed by atoms with Gasteiger partial charge in [0.05, 0.1) is 18.1 Å². The molecule has 2 unspecified atom stereocenters. The fourth-order valence-electron chi connectivity index (χ4n) is 3.35. The van der Waals surface area contributed by atoms with Crippen LogP contribution in [0.25, 0.3) is 10.9 Å². The van der Waals surface area contributed by atoms with Crippen LogP contribution in [-0.4, -0.2) is 57.9 Å². The lowest BCUT2D eigenvalue weighted by Crippen LogP contribution is -2.50. The Morgan fingerprint density at radius 1 is 1.09 bits per heavy atom. The summed E-state index contributed by atoms with van der Waals surface area (Å²) in [7, 11) is 0. The minimum atomic E-state index is -5.11. The molecule has 43 heavy (non-hydrogen) atoms. The van der Waals surface area contributed by atoms with E-state index in [4.69, 9.17) is 0 Å². The normalized spacial score (nSPS) is 14.1. The highest BCUT2D eigenvalue weighted by Crippen LogP contribution is 2.23. The van der Waals surface area contributed by atoms with Crippen LogP contribution in [0, 0.1) is 17.2 Å². The van der Waals surface area contributed by atoms with Crippen LogP contribution in [0.3, 0.4) is 0 Å². The number of hydrogen-bond acceptors (Lipinski definition) is 6. The van der Waals surface area contributed by atoms with Crippen molar-refractivity contribution in [1.29, 1.82) is 5.26 Å². The summed E-state index contributed by atoms with van der Waals surface area (Å²) < 4.78 is 36.9. The molecule has 1 saturated heterocycles. The van der Waals surface area contributed by atoms with E-state index in [1.54, 1.807) is 18.3 Å². The topological polar surface area (TPSA) is 128 Å². The molecular formula is C31H49F3N6O3. The van der Waals surface area contributed by atoms with Crippen molar-refractivity contribution < 1.29 is 27.6 Å². The molecule has 12 heteroatoms. The highest BCUT2D eigenvalue weighted by atomic mass is 19.4. The number of rotatable bonds is 5. The van der Waals surface area contributed by atoms with Crippen LogP contribution < -0.4 is 10.6 Å². The number of halogens is 3. The van der Waals surface area contributed by atoms with Gasteiger partial charge in [0.1, 0.15) is 12.1 Å². The molecule has 0 spiro atoms. The molecular weight excluding hydrogens is 561 g/mol. The Morgan fingerprint density at radius 3 is 2.16 bits per heavy atom. The van der Waals surface area contributed by atoms with Gasteiger partial charge in [-0.15, -0.1) is 0 Å². The number of nitrogens with one attached hydrogen (secondary N) is 2. The van der Waals surface area contributed by atoms with Gasteiger partial charge in [-0.05, 0) is 30.9 Å². The Labute approximate surface area is 254 Å². The van der Waals surface area contributed by atoms with E-state index in [2.05, 4.69) is 63.8 Å². The maximum atomic E-state index is 12.8. The lowest BCUT2D eigenvalue weighted by Gasteiger charge is -2.25. The lowest BCUT2D eigenvalue weighted by molar-refractivity contribution is -0.174. The number of fused-ring (bicyclic) bond motifs is 1. The Kier molecular flexibility index (Phi) is 21.9. The van der Waals surface area contributed by atoms with Gasteiger partial charge in [-0.3, -0.25) is 24.4 Å². The van der Waals surface area contributed by atoms with Crippen LogP contribution >= 0.6 is 0 Å². The molecule has 3 amide bonds. The van der Waals surface area contributed by atoms with Crippen molar-refractivity contribution in [2.75, 3.05) is 13.1 Å². The first kappa shape index (κ1) is 41.4. The Morgan fingerprint density at radius 2 is 1.65 bits per heavy atom. The minimum absolute atomic E-state index is 0.146. The van der Waals surface area contributed by atoms with Crippen LogP contribution in [0.15, 0.2) is 30.7 Å². The second-order valence-electron chi connectivity index (χ2n) is 9.95. The van der Waals surface area contributed by atoms with E-state index in [0.717, 1.165) is 10.8 Å². The molecule has 1 aliphatic rings. The molecule has 2 N–H and O–H groups in total. The fraction of sp³-hybridized carbons (Fsp3) is 0.613. The maximum absolute atomic E-state index is 12.8. The van der Waals surface area contributed by atoms with Crippen molar-refractivity contribution in [2.45, 2.75) is 106 Å². The zero-order valence-electron chi connectivity index (χ0n) is 27.0. The number of aromatic nitrogens is 2. The number of nitrogens with zero attached hydrogens (tertiary/aromatic N) is 4. The average Bonchev–Trinajstić information content (AvgIpc) is 3.46. The molecule has 9 nitrogen and oxygen atoms in total. The number of nitriles is 1. The summed E-state index contributed by atoms with van der Waals surface area (Å²) in [6, 6.07) is 3.36. The summed E-state index contributed by atoms with van der Waals surface area (Å²) in [5, 5.41) is 14.3. The number of alkyl halides is 3. The number of amides is 3. The Hall–Kier alpha value is -3.75. The van der Waals surface area contributed by atoms with E-state index >= 15 is 0 Å². The largest absolute Gasteiger partial charge is 0.471 e. The van der Waals surface area contributed by atoms with Crippen molar-refractivity contribution in [2.24, 2.45) is 5.92 Å². The summed E-state index contributed by atoms with van der Waals surface area (Å²) in [5.74, 6) is -2.86. The van der Waals surface area contributed by atoms with Gasteiger partial charge in [-0.1, -0.05) is 75.2 Å². The van der Waals surface area contributed by atoms with Gasteiger partial charge in [0.15, 0.2) is 0 Å². The summed E-state index contributed by atoms with van der Waals surface area (Å²) >= 11 is 0. The molecule has 0 saturated carbocycles. The molecule has 1 fully saturated rings. The molecule has 0 bridgehead atoms. The van der Waals surface area contributed by atoms with Crippen molar-refractivity contribution >= 4 is 28.6 Å². The molecule has 3 heterocycles. The van der Waals surface area contributed by atoms with Gasteiger partial charge in [-0.2, -0.15) is 18.4 Å². The molecule has 2 atom stereocenters. The van der Waals surface area contributed by atoms with Gasteiger partial charge < -0.3 is 15.5 Å². The Bertz CT molecular complexity index is 1130. The Balaban J connectivity index is 0. The third-order valence-electron chi connectivity index (χ3n) is 4.80. The number of carbonyl (C=O) groups is 3. The van der Waals surface area contributed by atoms with Crippen LogP contribution in [0.5, 0.6) is 0 Å². The van der Waals surface area contributed by atoms with Crippen LogP contribution in [0.4, 0.5) is 13.2 Å². The maximum Gasteiger partial charge on any atom is 0.471 e. The van der Waals surface area contributed by atoms with E-state index in [-0.39, 0.29) is 13.0 Å². The zero-order valence-corrected chi connectivity index (χ0v) is 27.0. The number of likely N-dealkylation sites (tertiary alicyclic amines) is 1. The van der Waals surface area contributed by atoms with Gasteiger partial charge in [0.2, 0.25) is 11.8 Å². The summed E-state index contributed by atoms with van der Waals surface area (Å²) in [5.41, 5.74) is 0.862. The van der Waals surface area contributed by atoms with E-state index in [0.29, 0.717) is 22.9 Å². The van der Waals surface area contributed by atoms with Crippen molar-refractivity contribution in [3.8, 4) is 6.07 Å². The molecule has 0 aromatic carbocycles. The monoisotopic (exact) mass is 610 g/mol. The quantitative estimate of drug-likeness (QED) is 0.398. The predicted octanol–water partition coefficient (Wildman–Crippen LogP) is 6.50. The number of pyridine rings is 2. The zero-order chi connectivity index (χ0) is 33.6. The highest BCUT2D eigenvalue weighted by Gasteiger charge is 2.40. The fourth-order valence-corrected chi connectivity index (χ4v) is 3.35. The standard InChI is InChI=1S/C19H17F3N6O3.C4H10.2C3H8.C2H6/c20-19(21,22)18(31)26-10-15(29)28-6-2-4-14(28)17(30)27-13(7-23)12-9-24-8-11-3-1-5-25-16(11)12;1-4(2)3;2*1-3-2;1-2/h1,3,5,8-9,13-14H,2,4,6,10H2,(H,26,31)(H,27,30);4H,1-3H3;2*3H2,1-2H3;1-2H3. The van der Waals surface area contributed by atoms with Gasteiger partial charge in [0.25, 0.3) is 0 Å². The highest BCUT2D eigenvalue weighted by molar-refractivity contribution is 5.92. The molecule has 242 valence electrons. The molecule has 3 rings (SSSR count). The van der Waals surface area contributed by atoms with Gasteiger partial charge >= 0.3 is 12.1 Å². The SMILES string of the molecule is CC.CC(C)C.CCC.CCC.N#CC(NC(=O)C1CCCN1C(=O)CNC(=O)C(F)(F)F)c1cncc2cccnc12. The smallest absolute Gasteiger partial charge is 0.339 e. The third-order valence-corrected chi connectivity index (χ3v) is 4.80. The van der Waals surface area contributed by atoms with Crippen LogP contribution in [0.2, 0.25) is 0 Å². The molecule has 0 aliphatic carbocycles. The lowest BCUT2D eigenvalue weighted by atomic mass is 10.1. The average molecular weight is 611 g/mol. The first-order chi connectivity index (χ1) is 20.3. The van der Waals surface area contributed by atoms with Crippen molar-refractivity contribution in [3.63, 3.8) is 0 Å². The van der Waals surface area contributed by atoms with E-state index < -0.39 is 42.5 Å². The predicted molar refractivity (Wildman–Crippen MR) is 164 cm³/mol. The molecule has 2 aromatic rings. The van der Waals surface area contributed by atoms with E-state index in [1.807, 2.05) is 19.9 Å². The molecule has 1 aliphatic heterocycles. The first-order valence-electron chi connectivity index (χ1n) is 14.8. The van der Waals surface area contributed by atoms with Crippen LogP contribution in [-0.2, 0) is 14.4 Å². The van der Waals surface area contributed by atoms with E-state index in [1.165, 1.54) is 30.6 Å². The first-order valence-corrected chi connectivity index (χ1v) is 14.8. The summed E-state index contributed by atoms with van der Waals surface area (Å²) in [4.78, 5) is 45.3. The second kappa shape index (κ2) is 22.8. The van der Waals surface area contributed by atoms with Crippen LogP contribution in [0.1, 0.15) is 99.6 Å². The van der Waals surface area contributed by atoms with E-state index in [9.17, 15) is 32.8 Å². The summed E-state index contributed by atoms with van der Waals surface area (Å²) in [6.45, 7) is 18.3. The third kappa shape index (κ3) is 15.9.